The molecule has 2 heterocycles. The number of hydrogen-bond acceptors (Lipinski definition) is 3. The molecule has 0 aromatic carbocycles. The van der Waals surface area contributed by atoms with Gasteiger partial charge in [-0.05, 0) is 31.7 Å². The topological polar surface area (TPSA) is 59.0 Å². The summed E-state index contributed by atoms with van der Waals surface area (Å²) in [6.45, 7) is 3.66. The normalized spacial score (nSPS) is 23.9. The van der Waals surface area contributed by atoms with Crippen molar-refractivity contribution in [1.29, 1.82) is 0 Å². The summed E-state index contributed by atoms with van der Waals surface area (Å²) >= 11 is 0. The van der Waals surface area contributed by atoms with Crippen molar-refractivity contribution in [2.45, 2.75) is 32.2 Å². The maximum absolute atomic E-state index is 11.9. The first-order valence-corrected chi connectivity index (χ1v) is 6.64. The largest absolute Gasteiger partial charge is 0.355 e. The van der Waals surface area contributed by atoms with Crippen molar-refractivity contribution in [3.05, 3.63) is 18.0 Å². The van der Waals surface area contributed by atoms with Gasteiger partial charge in [0.15, 0.2) is 0 Å². The molecule has 2 unspecified atom stereocenters. The number of carbonyl (C=O) groups excluding carboxylic acids is 1. The van der Waals surface area contributed by atoms with E-state index >= 15 is 0 Å². The first kappa shape index (κ1) is 13.1. The van der Waals surface area contributed by atoms with E-state index in [0.29, 0.717) is 12.6 Å². The van der Waals surface area contributed by atoms with Gasteiger partial charge in [0, 0.05) is 32.4 Å². The van der Waals surface area contributed by atoms with Crippen LogP contribution in [0.25, 0.3) is 0 Å². The third-order valence-corrected chi connectivity index (χ3v) is 3.50. The lowest BCUT2D eigenvalue weighted by Gasteiger charge is -2.26. The number of nitrogens with one attached hydrogen (secondary N) is 2. The molecule has 1 aromatic heterocycles. The van der Waals surface area contributed by atoms with E-state index in [0.717, 1.165) is 31.4 Å². The van der Waals surface area contributed by atoms with E-state index < -0.39 is 0 Å². The van der Waals surface area contributed by atoms with Crippen molar-refractivity contribution in [2.75, 3.05) is 13.1 Å². The Labute approximate surface area is 108 Å². The van der Waals surface area contributed by atoms with Gasteiger partial charge in [-0.2, -0.15) is 5.10 Å². The van der Waals surface area contributed by atoms with Crippen LogP contribution >= 0.6 is 0 Å². The highest BCUT2D eigenvalue weighted by atomic mass is 16.1. The van der Waals surface area contributed by atoms with Crippen molar-refractivity contribution in [3.8, 4) is 0 Å². The zero-order chi connectivity index (χ0) is 13.0. The van der Waals surface area contributed by atoms with Gasteiger partial charge in [-0.25, -0.2) is 0 Å². The summed E-state index contributed by atoms with van der Waals surface area (Å²) in [6.07, 6.45) is 6.75. The number of hydrogen-bond donors (Lipinski definition) is 2. The van der Waals surface area contributed by atoms with Crippen LogP contribution in [0.5, 0.6) is 0 Å². The number of amides is 1. The van der Waals surface area contributed by atoms with Crippen LogP contribution in [0.4, 0.5) is 0 Å². The standard InChI is InChI=1S/C13H22N4O/c1-10-3-4-12(8-15-10)13(18)14-6-5-11-7-16-17(2)9-11/h7,9-10,12,15H,3-6,8H2,1-2H3,(H,14,18). The zero-order valence-corrected chi connectivity index (χ0v) is 11.1. The molecule has 2 atom stereocenters. The molecule has 1 saturated heterocycles. The van der Waals surface area contributed by atoms with Crippen molar-refractivity contribution < 1.29 is 4.79 Å². The van der Waals surface area contributed by atoms with Crippen molar-refractivity contribution in [1.82, 2.24) is 20.4 Å². The summed E-state index contributed by atoms with van der Waals surface area (Å²) < 4.78 is 1.78. The van der Waals surface area contributed by atoms with Crippen LogP contribution in [-0.2, 0) is 18.3 Å². The summed E-state index contributed by atoms with van der Waals surface area (Å²) in [7, 11) is 1.90. The molecule has 100 valence electrons. The second-order valence-electron chi connectivity index (χ2n) is 5.15. The second-order valence-corrected chi connectivity index (χ2v) is 5.15. The van der Waals surface area contributed by atoms with Gasteiger partial charge < -0.3 is 10.6 Å². The molecular weight excluding hydrogens is 228 g/mol. The summed E-state index contributed by atoms with van der Waals surface area (Å²) in [4.78, 5) is 11.9. The van der Waals surface area contributed by atoms with E-state index in [1.54, 1.807) is 4.68 Å². The molecule has 1 fully saturated rings. The molecule has 1 aliphatic heterocycles. The minimum atomic E-state index is 0.134. The molecule has 2 rings (SSSR count). The fourth-order valence-electron chi connectivity index (χ4n) is 2.30. The maximum Gasteiger partial charge on any atom is 0.224 e. The first-order valence-electron chi connectivity index (χ1n) is 6.64. The highest BCUT2D eigenvalue weighted by Gasteiger charge is 2.23. The number of rotatable bonds is 4. The molecular formula is C13H22N4O. The van der Waals surface area contributed by atoms with Crippen molar-refractivity contribution in [2.24, 2.45) is 13.0 Å². The average molecular weight is 250 g/mol. The Bertz CT molecular complexity index is 393. The van der Waals surface area contributed by atoms with Gasteiger partial charge in [0.1, 0.15) is 0 Å². The summed E-state index contributed by atoms with van der Waals surface area (Å²) in [5.74, 6) is 0.313. The molecule has 18 heavy (non-hydrogen) atoms. The zero-order valence-electron chi connectivity index (χ0n) is 11.1. The number of aromatic nitrogens is 2. The molecule has 5 nitrogen and oxygen atoms in total. The predicted octanol–water partition coefficient (Wildman–Crippen LogP) is 0.467. The quantitative estimate of drug-likeness (QED) is 0.816. The van der Waals surface area contributed by atoms with Gasteiger partial charge in [-0.3, -0.25) is 9.48 Å². The molecule has 1 aromatic rings. The van der Waals surface area contributed by atoms with Crippen LogP contribution in [0.2, 0.25) is 0 Å². The van der Waals surface area contributed by atoms with Crippen LogP contribution < -0.4 is 10.6 Å². The monoisotopic (exact) mass is 250 g/mol. The molecule has 0 radical (unpaired) electrons. The number of aryl methyl sites for hydroxylation is 1. The Morgan fingerprint density at radius 3 is 3.06 bits per heavy atom. The van der Waals surface area contributed by atoms with Crippen LogP contribution in [-0.4, -0.2) is 34.8 Å². The van der Waals surface area contributed by atoms with E-state index in [-0.39, 0.29) is 11.8 Å². The second kappa shape index (κ2) is 6.00. The smallest absolute Gasteiger partial charge is 0.224 e. The van der Waals surface area contributed by atoms with Crippen LogP contribution in [0.3, 0.4) is 0 Å². The van der Waals surface area contributed by atoms with E-state index in [1.807, 2.05) is 19.4 Å². The Morgan fingerprint density at radius 1 is 1.61 bits per heavy atom. The average Bonchev–Trinajstić information content (AvgIpc) is 2.76. The minimum Gasteiger partial charge on any atom is -0.355 e. The molecule has 2 N–H and O–H groups in total. The minimum absolute atomic E-state index is 0.134. The third-order valence-electron chi connectivity index (χ3n) is 3.50. The maximum atomic E-state index is 11.9. The Morgan fingerprint density at radius 2 is 2.44 bits per heavy atom. The molecule has 0 aliphatic carbocycles. The van der Waals surface area contributed by atoms with E-state index in [1.165, 1.54) is 0 Å². The van der Waals surface area contributed by atoms with Crippen LogP contribution in [0, 0.1) is 5.92 Å². The van der Waals surface area contributed by atoms with Crippen molar-refractivity contribution >= 4 is 5.91 Å². The molecule has 1 aliphatic rings. The Hall–Kier alpha value is -1.36. The van der Waals surface area contributed by atoms with E-state index in [4.69, 9.17) is 0 Å². The fourth-order valence-corrected chi connectivity index (χ4v) is 2.30. The Kier molecular flexibility index (Phi) is 4.36. The van der Waals surface area contributed by atoms with Gasteiger partial charge in [-0.1, -0.05) is 0 Å². The molecule has 0 saturated carbocycles. The van der Waals surface area contributed by atoms with E-state index in [9.17, 15) is 4.79 Å². The van der Waals surface area contributed by atoms with Crippen LogP contribution in [0.1, 0.15) is 25.3 Å². The lowest BCUT2D eigenvalue weighted by Crippen LogP contribution is -2.44. The molecule has 0 spiro atoms. The Balaban J connectivity index is 1.68. The van der Waals surface area contributed by atoms with Gasteiger partial charge in [-0.15, -0.1) is 0 Å². The molecule has 5 heteroatoms. The van der Waals surface area contributed by atoms with E-state index in [2.05, 4.69) is 22.7 Å². The lowest BCUT2D eigenvalue weighted by atomic mass is 9.95. The number of piperidine rings is 1. The SMILES string of the molecule is CC1CCC(C(=O)NCCc2cnn(C)c2)CN1. The summed E-state index contributed by atoms with van der Waals surface area (Å²) in [6, 6.07) is 0.546. The number of nitrogens with zero attached hydrogens (tertiary/aromatic N) is 2. The predicted molar refractivity (Wildman–Crippen MR) is 70.1 cm³/mol. The van der Waals surface area contributed by atoms with Gasteiger partial charge in [0.05, 0.1) is 12.1 Å². The molecule has 0 bridgehead atoms. The molecule has 1 amide bonds. The highest BCUT2D eigenvalue weighted by Crippen LogP contribution is 2.13. The van der Waals surface area contributed by atoms with Gasteiger partial charge >= 0.3 is 0 Å². The lowest BCUT2D eigenvalue weighted by molar-refractivity contribution is -0.125. The summed E-state index contributed by atoms with van der Waals surface area (Å²) in [5.41, 5.74) is 1.16. The number of carbonyl (C=O) groups is 1. The van der Waals surface area contributed by atoms with Crippen LogP contribution in [0.15, 0.2) is 12.4 Å². The van der Waals surface area contributed by atoms with Gasteiger partial charge in [0.25, 0.3) is 0 Å². The summed E-state index contributed by atoms with van der Waals surface area (Å²) in [5, 5.41) is 10.5. The highest BCUT2D eigenvalue weighted by molar-refractivity contribution is 5.78. The third kappa shape index (κ3) is 3.57. The van der Waals surface area contributed by atoms with Crippen molar-refractivity contribution in [3.63, 3.8) is 0 Å². The van der Waals surface area contributed by atoms with Gasteiger partial charge in [0.2, 0.25) is 5.91 Å². The fraction of sp³-hybridized carbons (Fsp3) is 0.692. The first-order chi connectivity index (χ1) is 8.65.